The highest BCUT2D eigenvalue weighted by Crippen LogP contribution is 2.32. The number of nitriles is 1. The van der Waals surface area contributed by atoms with Crippen molar-refractivity contribution < 1.29 is 17.9 Å². The van der Waals surface area contributed by atoms with Crippen LogP contribution in [-0.4, -0.2) is 26.5 Å². The van der Waals surface area contributed by atoms with Gasteiger partial charge in [0.2, 0.25) is 10.0 Å². The Morgan fingerprint density at radius 1 is 1.39 bits per heavy atom. The van der Waals surface area contributed by atoms with Crippen molar-refractivity contribution in [3.63, 3.8) is 0 Å². The SMILES string of the molecule is CCOC(=O)C1(NS(=O)(=O)Cc2cccc(C#N)c2)CCCC1. The Labute approximate surface area is 136 Å². The zero-order valence-electron chi connectivity index (χ0n) is 13.0. The summed E-state index contributed by atoms with van der Waals surface area (Å²) in [6.45, 7) is 1.91. The van der Waals surface area contributed by atoms with E-state index in [2.05, 4.69) is 4.72 Å². The van der Waals surface area contributed by atoms with Gasteiger partial charge in [0.15, 0.2) is 0 Å². The van der Waals surface area contributed by atoms with Crippen LogP contribution in [0.25, 0.3) is 0 Å². The quantitative estimate of drug-likeness (QED) is 0.800. The van der Waals surface area contributed by atoms with E-state index >= 15 is 0 Å². The lowest BCUT2D eigenvalue weighted by atomic mass is 10.00. The Bertz CT molecular complexity index is 716. The van der Waals surface area contributed by atoms with Crippen molar-refractivity contribution in [3.8, 4) is 6.07 Å². The zero-order chi connectivity index (χ0) is 16.9. The molecule has 0 saturated heterocycles. The standard InChI is InChI=1S/C16H20N2O4S/c1-2-22-15(19)16(8-3-4-9-16)18-23(20,21)12-14-7-5-6-13(10-14)11-17/h5-7,10,18H,2-4,8-9,12H2,1H3. The molecule has 0 bridgehead atoms. The van der Waals surface area contributed by atoms with Crippen molar-refractivity contribution in [3.05, 3.63) is 35.4 Å². The molecule has 2 rings (SSSR count). The van der Waals surface area contributed by atoms with E-state index in [-0.39, 0.29) is 12.4 Å². The van der Waals surface area contributed by atoms with Crippen LogP contribution in [0.5, 0.6) is 0 Å². The van der Waals surface area contributed by atoms with Crippen LogP contribution in [0.4, 0.5) is 0 Å². The first-order chi connectivity index (χ1) is 10.9. The molecule has 0 aromatic heterocycles. The van der Waals surface area contributed by atoms with Crippen LogP contribution in [0, 0.1) is 11.3 Å². The molecule has 0 amide bonds. The number of sulfonamides is 1. The lowest BCUT2D eigenvalue weighted by Crippen LogP contribution is -2.53. The summed E-state index contributed by atoms with van der Waals surface area (Å²) < 4.78 is 32.5. The maximum Gasteiger partial charge on any atom is 0.327 e. The van der Waals surface area contributed by atoms with Gasteiger partial charge >= 0.3 is 5.97 Å². The lowest BCUT2D eigenvalue weighted by Gasteiger charge is -2.27. The van der Waals surface area contributed by atoms with Crippen molar-refractivity contribution in [2.75, 3.05) is 6.61 Å². The number of benzene rings is 1. The number of hydrogen-bond acceptors (Lipinski definition) is 5. The molecule has 1 N–H and O–H groups in total. The van der Waals surface area contributed by atoms with Crippen LogP contribution in [0.15, 0.2) is 24.3 Å². The van der Waals surface area contributed by atoms with Crippen LogP contribution in [-0.2, 0) is 25.3 Å². The third-order valence-electron chi connectivity index (χ3n) is 3.89. The Kier molecular flexibility index (Phi) is 5.39. The number of rotatable bonds is 6. The summed E-state index contributed by atoms with van der Waals surface area (Å²) in [4.78, 5) is 12.2. The maximum absolute atomic E-state index is 12.5. The predicted octanol–water partition coefficient (Wildman–Crippen LogP) is 1.85. The summed E-state index contributed by atoms with van der Waals surface area (Å²) in [6, 6.07) is 8.41. The fourth-order valence-corrected chi connectivity index (χ4v) is 4.45. The number of carbonyl (C=O) groups excluding carboxylic acids is 1. The fourth-order valence-electron chi connectivity index (χ4n) is 2.88. The van der Waals surface area contributed by atoms with Crippen molar-refractivity contribution in [2.24, 2.45) is 0 Å². The van der Waals surface area contributed by atoms with Gasteiger partial charge in [-0.3, -0.25) is 4.79 Å². The third kappa shape index (κ3) is 4.30. The second kappa shape index (κ2) is 7.11. The van der Waals surface area contributed by atoms with Crippen LogP contribution in [0.1, 0.15) is 43.7 Å². The van der Waals surface area contributed by atoms with Crippen molar-refractivity contribution in [2.45, 2.75) is 43.9 Å². The highest BCUT2D eigenvalue weighted by molar-refractivity contribution is 7.88. The molecule has 6 nitrogen and oxygen atoms in total. The first-order valence-corrected chi connectivity index (χ1v) is 9.24. The van der Waals surface area contributed by atoms with Crippen molar-refractivity contribution in [1.29, 1.82) is 5.26 Å². The zero-order valence-corrected chi connectivity index (χ0v) is 13.9. The number of nitrogens with zero attached hydrogens (tertiary/aromatic N) is 1. The highest BCUT2D eigenvalue weighted by atomic mass is 32.2. The minimum Gasteiger partial charge on any atom is -0.465 e. The topological polar surface area (TPSA) is 96.3 Å². The third-order valence-corrected chi connectivity index (χ3v) is 5.30. The minimum atomic E-state index is -3.73. The number of ether oxygens (including phenoxy) is 1. The van der Waals surface area contributed by atoms with Gasteiger partial charge in [0, 0.05) is 0 Å². The molecule has 0 radical (unpaired) electrons. The Morgan fingerprint density at radius 2 is 2.09 bits per heavy atom. The van der Waals surface area contributed by atoms with E-state index < -0.39 is 21.5 Å². The smallest absolute Gasteiger partial charge is 0.327 e. The summed E-state index contributed by atoms with van der Waals surface area (Å²) >= 11 is 0. The lowest BCUT2D eigenvalue weighted by molar-refractivity contribution is -0.150. The molecular weight excluding hydrogens is 316 g/mol. The van der Waals surface area contributed by atoms with Gasteiger partial charge in [-0.1, -0.05) is 25.0 Å². The molecule has 23 heavy (non-hydrogen) atoms. The molecule has 1 aliphatic carbocycles. The number of hydrogen-bond donors (Lipinski definition) is 1. The number of nitrogens with one attached hydrogen (secondary N) is 1. The van der Waals surface area contributed by atoms with Crippen LogP contribution in [0.3, 0.4) is 0 Å². The van der Waals surface area contributed by atoms with Gasteiger partial charge in [-0.15, -0.1) is 0 Å². The summed E-state index contributed by atoms with van der Waals surface area (Å²) in [5, 5.41) is 8.89. The average molecular weight is 336 g/mol. The predicted molar refractivity (Wildman–Crippen MR) is 84.7 cm³/mol. The second-order valence-corrected chi connectivity index (χ2v) is 7.41. The molecule has 1 fully saturated rings. The van der Waals surface area contributed by atoms with E-state index in [1.54, 1.807) is 25.1 Å². The molecule has 0 aliphatic heterocycles. The van der Waals surface area contributed by atoms with E-state index in [0.717, 1.165) is 12.8 Å². The van der Waals surface area contributed by atoms with E-state index in [0.29, 0.717) is 24.0 Å². The summed E-state index contributed by atoms with van der Waals surface area (Å²) in [7, 11) is -3.73. The summed E-state index contributed by atoms with van der Waals surface area (Å²) in [6.07, 6.45) is 2.46. The van der Waals surface area contributed by atoms with E-state index in [1.165, 1.54) is 6.07 Å². The van der Waals surface area contributed by atoms with E-state index in [9.17, 15) is 13.2 Å². The molecule has 124 valence electrons. The van der Waals surface area contributed by atoms with Gasteiger partial charge in [0.05, 0.1) is 24.0 Å². The molecule has 1 aliphatic rings. The molecule has 0 spiro atoms. The van der Waals surface area contributed by atoms with Crippen molar-refractivity contribution in [1.82, 2.24) is 4.72 Å². The first kappa shape index (κ1) is 17.4. The van der Waals surface area contributed by atoms with E-state index in [1.807, 2.05) is 6.07 Å². The summed E-state index contributed by atoms with van der Waals surface area (Å²) in [5.41, 5.74) is -0.242. The van der Waals surface area contributed by atoms with Gasteiger partial charge in [-0.05, 0) is 37.5 Å². The van der Waals surface area contributed by atoms with Gasteiger partial charge in [-0.25, -0.2) is 8.42 Å². The van der Waals surface area contributed by atoms with Gasteiger partial charge in [0.25, 0.3) is 0 Å². The molecule has 0 atom stereocenters. The maximum atomic E-state index is 12.5. The Morgan fingerprint density at radius 3 is 2.70 bits per heavy atom. The van der Waals surface area contributed by atoms with Gasteiger partial charge in [0.1, 0.15) is 5.54 Å². The Hall–Kier alpha value is -1.91. The largest absolute Gasteiger partial charge is 0.465 e. The second-order valence-electron chi connectivity index (χ2n) is 5.68. The normalized spacial score (nSPS) is 16.7. The van der Waals surface area contributed by atoms with Gasteiger partial charge in [-0.2, -0.15) is 9.98 Å². The summed E-state index contributed by atoms with van der Waals surface area (Å²) in [5.74, 6) is -0.782. The van der Waals surface area contributed by atoms with Crippen molar-refractivity contribution >= 4 is 16.0 Å². The Balaban J connectivity index is 2.18. The fraction of sp³-hybridized carbons (Fsp3) is 0.500. The minimum absolute atomic E-state index is 0.215. The molecule has 1 saturated carbocycles. The number of carbonyl (C=O) groups is 1. The first-order valence-electron chi connectivity index (χ1n) is 7.59. The molecule has 1 aromatic rings. The molecule has 1 aromatic carbocycles. The molecule has 0 unspecified atom stereocenters. The van der Waals surface area contributed by atoms with E-state index in [4.69, 9.17) is 10.00 Å². The molecule has 0 heterocycles. The molecule has 7 heteroatoms. The average Bonchev–Trinajstić information content (AvgIpc) is 2.96. The highest BCUT2D eigenvalue weighted by Gasteiger charge is 2.45. The number of esters is 1. The molecular formula is C16H20N2O4S. The monoisotopic (exact) mass is 336 g/mol. The van der Waals surface area contributed by atoms with Crippen LogP contribution >= 0.6 is 0 Å². The van der Waals surface area contributed by atoms with Gasteiger partial charge < -0.3 is 4.74 Å². The van der Waals surface area contributed by atoms with Crippen LogP contribution in [0.2, 0.25) is 0 Å². The van der Waals surface area contributed by atoms with Crippen LogP contribution < -0.4 is 4.72 Å².